The molecule has 2 aromatic carbocycles. The number of nitrogens with one attached hydrogen (secondary N) is 1. The number of nitrogens with zero attached hydrogens (tertiary/aromatic N) is 4. The van der Waals surface area contributed by atoms with Gasteiger partial charge in [-0.3, -0.25) is 4.79 Å². The summed E-state index contributed by atoms with van der Waals surface area (Å²) in [5.41, 5.74) is 0.440. The van der Waals surface area contributed by atoms with Crippen molar-refractivity contribution in [3.05, 3.63) is 82.6 Å². The highest BCUT2D eigenvalue weighted by Crippen LogP contribution is 2.36. The van der Waals surface area contributed by atoms with E-state index in [0.717, 1.165) is 12.1 Å². The summed E-state index contributed by atoms with van der Waals surface area (Å²) in [6.07, 6.45) is 0. The van der Waals surface area contributed by atoms with E-state index in [1.807, 2.05) is 0 Å². The van der Waals surface area contributed by atoms with Gasteiger partial charge in [-0.1, -0.05) is 17.2 Å². The van der Waals surface area contributed by atoms with Crippen molar-refractivity contribution < 1.29 is 23.1 Å². The van der Waals surface area contributed by atoms with Crippen LogP contribution < -0.4 is 5.32 Å². The van der Waals surface area contributed by atoms with Crippen molar-refractivity contribution in [2.45, 2.75) is 6.04 Å². The zero-order valence-electron chi connectivity index (χ0n) is 15.0. The predicted molar refractivity (Wildman–Crippen MR) is 95.8 cm³/mol. The number of allylic oxidation sites excluding steroid dienone is 1. The molecule has 4 rings (SSSR count). The van der Waals surface area contributed by atoms with Crippen LogP contribution in [0.1, 0.15) is 22.0 Å². The van der Waals surface area contributed by atoms with Gasteiger partial charge >= 0.3 is 5.97 Å². The van der Waals surface area contributed by atoms with Crippen LogP contribution in [0.3, 0.4) is 0 Å². The number of fused-ring (bicyclic) bond motifs is 1. The first-order valence-electron chi connectivity index (χ1n) is 8.42. The van der Waals surface area contributed by atoms with E-state index < -0.39 is 29.4 Å². The van der Waals surface area contributed by atoms with Crippen LogP contribution in [0, 0.1) is 11.6 Å². The number of ether oxygens (including phenoxy) is 1. The topological polar surface area (TPSA) is 99.0 Å². The van der Waals surface area contributed by atoms with Crippen molar-refractivity contribution in [2.24, 2.45) is 0 Å². The molecular formula is C19H13F2N5O3. The highest BCUT2D eigenvalue weighted by atomic mass is 19.1. The Morgan fingerprint density at radius 2 is 1.66 bits per heavy atom. The van der Waals surface area contributed by atoms with Gasteiger partial charge in [-0.2, -0.15) is 4.68 Å². The van der Waals surface area contributed by atoms with Gasteiger partial charge in [-0.25, -0.2) is 13.6 Å². The van der Waals surface area contributed by atoms with Gasteiger partial charge in [-0.05, 0) is 52.4 Å². The minimum absolute atomic E-state index is 0.0186. The lowest BCUT2D eigenvalue weighted by atomic mass is 9.89. The van der Waals surface area contributed by atoms with E-state index in [1.165, 1.54) is 48.2 Å². The number of ketones is 1. The summed E-state index contributed by atoms with van der Waals surface area (Å²) in [5.74, 6) is -2.24. The SMILES string of the molecule is COC(=O)C1=C(C(=O)c2ccc(F)cc2)[C@@H](c2ccc(F)cc2)n2nnnc2N1. The first-order valence-corrected chi connectivity index (χ1v) is 8.42. The molecule has 29 heavy (non-hydrogen) atoms. The van der Waals surface area contributed by atoms with Crippen LogP contribution >= 0.6 is 0 Å². The molecule has 0 fully saturated rings. The molecule has 0 aliphatic carbocycles. The third-order valence-corrected chi connectivity index (χ3v) is 4.44. The summed E-state index contributed by atoms with van der Waals surface area (Å²) < 4.78 is 32.9. The molecule has 0 radical (unpaired) electrons. The molecule has 0 saturated carbocycles. The second-order valence-corrected chi connectivity index (χ2v) is 6.14. The van der Waals surface area contributed by atoms with Gasteiger partial charge in [-0.15, -0.1) is 0 Å². The van der Waals surface area contributed by atoms with Crippen molar-refractivity contribution in [2.75, 3.05) is 12.4 Å². The predicted octanol–water partition coefficient (Wildman–Crippen LogP) is 2.28. The van der Waals surface area contributed by atoms with Gasteiger partial charge in [0.25, 0.3) is 0 Å². The zero-order chi connectivity index (χ0) is 20.5. The molecule has 10 heteroatoms. The van der Waals surface area contributed by atoms with Crippen molar-refractivity contribution in [1.29, 1.82) is 0 Å². The number of tetrazole rings is 1. The smallest absolute Gasteiger partial charge is 0.355 e. The third kappa shape index (κ3) is 3.24. The lowest BCUT2D eigenvalue weighted by Gasteiger charge is -2.28. The Balaban J connectivity index is 1.94. The molecule has 1 aliphatic heterocycles. The summed E-state index contributed by atoms with van der Waals surface area (Å²) in [6.45, 7) is 0. The highest BCUT2D eigenvalue weighted by Gasteiger charge is 2.38. The Morgan fingerprint density at radius 1 is 1.03 bits per heavy atom. The zero-order valence-corrected chi connectivity index (χ0v) is 15.0. The second-order valence-electron chi connectivity index (χ2n) is 6.14. The Hall–Kier alpha value is -3.95. The summed E-state index contributed by atoms with van der Waals surface area (Å²) in [7, 11) is 1.17. The van der Waals surface area contributed by atoms with E-state index in [-0.39, 0.29) is 22.8 Å². The van der Waals surface area contributed by atoms with E-state index in [0.29, 0.717) is 5.56 Å². The molecule has 3 aromatic rings. The Kier molecular flexibility index (Phi) is 4.59. The normalized spacial score (nSPS) is 15.5. The van der Waals surface area contributed by atoms with Crippen LogP contribution in [0.15, 0.2) is 59.8 Å². The summed E-state index contributed by atoms with van der Waals surface area (Å²) in [4.78, 5) is 25.8. The number of aromatic nitrogens is 4. The van der Waals surface area contributed by atoms with Gasteiger partial charge in [0.1, 0.15) is 23.4 Å². The number of rotatable bonds is 4. The Bertz CT molecular complexity index is 1120. The first-order chi connectivity index (χ1) is 14.0. The quantitative estimate of drug-likeness (QED) is 0.533. The van der Waals surface area contributed by atoms with E-state index in [4.69, 9.17) is 4.74 Å². The molecule has 146 valence electrons. The van der Waals surface area contributed by atoms with Gasteiger partial charge in [0, 0.05) is 5.56 Å². The maximum absolute atomic E-state index is 13.5. The number of hydrogen-bond acceptors (Lipinski definition) is 7. The summed E-state index contributed by atoms with van der Waals surface area (Å²) in [6, 6.07) is 9.31. The second kappa shape index (κ2) is 7.23. The minimum Gasteiger partial charge on any atom is -0.464 e. The number of carbonyl (C=O) groups is 2. The molecule has 1 aliphatic rings. The van der Waals surface area contributed by atoms with E-state index in [2.05, 4.69) is 20.8 Å². The minimum atomic E-state index is -0.937. The molecule has 1 atom stereocenters. The summed E-state index contributed by atoms with van der Waals surface area (Å²) >= 11 is 0. The van der Waals surface area contributed by atoms with Gasteiger partial charge in [0.05, 0.1) is 12.7 Å². The van der Waals surface area contributed by atoms with Gasteiger partial charge < -0.3 is 10.1 Å². The maximum Gasteiger partial charge on any atom is 0.355 e. The molecular weight excluding hydrogens is 384 g/mol. The average molecular weight is 397 g/mol. The van der Waals surface area contributed by atoms with Crippen LogP contribution in [-0.2, 0) is 9.53 Å². The largest absolute Gasteiger partial charge is 0.464 e. The highest BCUT2D eigenvalue weighted by molar-refractivity contribution is 6.14. The molecule has 0 amide bonds. The van der Waals surface area contributed by atoms with Crippen LogP contribution in [-0.4, -0.2) is 39.1 Å². The molecule has 0 saturated heterocycles. The van der Waals surface area contributed by atoms with E-state index in [1.54, 1.807) is 0 Å². The van der Waals surface area contributed by atoms with Crippen molar-refractivity contribution >= 4 is 17.7 Å². The molecule has 1 aromatic heterocycles. The van der Waals surface area contributed by atoms with Crippen molar-refractivity contribution in [3.63, 3.8) is 0 Å². The number of anilines is 1. The number of esters is 1. The van der Waals surface area contributed by atoms with Crippen LogP contribution in [0.4, 0.5) is 14.7 Å². The third-order valence-electron chi connectivity index (χ3n) is 4.44. The van der Waals surface area contributed by atoms with Crippen molar-refractivity contribution in [1.82, 2.24) is 20.2 Å². The number of hydrogen-bond donors (Lipinski definition) is 1. The van der Waals surface area contributed by atoms with Gasteiger partial charge in [0.15, 0.2) is 5.78 Å². The van der Waals surface area contributed by atoms with Crippen molar-refractivity contribution in [3.8, 4) is 0 Å². The fourth-order valence-corrected chi connectivity index (χ4v) is 3.10. The standard InChI is InChI=1S/C19H13F2N5O3/c1-29-18(28)15-14(17(27)11-4-8-13(21)9-5-11)16(10-2-6-12(20)7-3-10)26-19(22-15)23-24-25-26/h2-9,16H,1H3,(H,22,23,25)/t16-/m1/s1. The Morgan fingerprint density at radius 3 is 2.28 bits per heavy atom. The summed E-state index contributed by atoms with van der Waals surface area (Å²) in [5, 5.41) is 14.0. The lowest BCUT2D eigenvalue weighted by Crippen LogP contribution is -2.33. The number of methoxy groups -OCH3 is 1. The monoisotopic (exact) mass is 397 g/mol. The molecule has 0 bridgehead atoms. The molecule has 2 heterocycles. The molecule has 0 unspecified atom stereocenters. The molecule has 1 N–H and O–H groups in total. The van der Waals surface area contributed by atoms with Crippen LogP contribution in [0.5, 0.6) is 0 Å². The average Bonchev–Trinajstić information content (AvgIpc) is 3.21. The fourth-order valence-electron chi connectivity index (χ4n) is 3.10. The number of benzene rings is 2. The fraction of sp³-hybridized carbons (Fsp3) is 0.105. The lowest BCUT2D eigenvalue weighted by molar-refractivity contribution is -0.136. The number of carbonyl (C=O) groups excluding carboxylic acids is 2. The maximum atomic E-state index is 13.5. The number of halogens is 2. The molecule has 0 spiro atoms. The Labute approximate surface area is 162 Å². The van der Waals surface area contributed by atoms with Crippen LogP contribution in [0.25, 0.3) is 0 Å². The van der Waals surface area contributed by atoms with E-state index >= 15 is 0 Å². The van der Waals surface area contributed by atoms with E-state index in [9.17, 15) is 18.4 Å². The number of Topliss-reactive ketones (excluding diaryl/α,β-unsaturated/α-hetero) is 1. The first kappa shape index (κ1) is 18.4. The van der Waals surface area contributed by atoms with Crippen LogP contribution in [0.2, 0.25) is 0 Å². The van der Waals surface area contributed by atoms with Gasteiger partial charge in [0.2, 0.25) is 5.95 Å². The molecule has 8 nitrogen and oxygen atoms in total.